The second kappa shape index (κ2) is 5.21. The monoisotopic (exact) mass is 295 g/mol. The first kappa shape index (κ1) is 12.6. The van der Waals surface area contributed by atoms with Gasteiger partial charge < -0.3 is 4.90 Å². The fourth-order valence-electron chi connectivity index (χ4n) is 2.60. The Labute approximate surface area is 111 Å². The molecule has 1 aliphatic rings. The molecule has 2 atom stereocenters. The highest BCUT2D eigenvalue weighted by atomic mass is 79.9. The molecule has 1 saturated heterocycles. The Kier molecular flexibility index (Phi) is 3.87. The molecule has 0 bridgehead atoms. The van der Waals surface area contributed by atoms with Gasteiger partial charge >= 0.3 is 0 Å². The van der Waals surface area contributed by atoms with E-state index in [2.05, 4.69) is 29.8 Å². The van der Waals surface area contributed by atoms with Crippen LogP contribution in [0.25, 0.3) is 0 Å². The molecule has 2 nitrogen and oxygen atoms in total. The average molecular weight is 296 g/mol. The summed E-state index contributed by atoms with van der Waals surface area (Å²) in [5.74, 6) is 1.38. The average Bonchev–Trinajstić information content (AvgIpc) is 2.28. The van der Waals surface area contributed by atoms with E-state index in [0.717, 1.165) is 23.1 Å². The van der Waals surface area contributed by atoms with Crippen LogP contribution in [-0.4, -0.2) is 23.9 Å². The van der Waals surface area contributed by atoms with Gasteiger partial charge in [-0.15, -0.1) is 0 Å². The maximum atomic E-state index is 12.3. The number of hydrogen-bond donors (Lipinski definition) is 0. The third-order valence-electron chi connectivity index (χ3n) is 3.25. The molecule has 92 valence electrons. The van der Waals surface area contributed by atoms with E-state index in [9.17, 15) is 4.79 Å². The Hall–Kier alpha value is -0.830. The van der Waals surface area contributed by atoms with Gasteiger partial charge in [0.2, 0.25) is 0 Å². The number of hydrogen-bond acceptors (Lipinski definition) is 1. The second-order valence-electron chi connectivity index (χ2n) is 5.16. The van der Waals surface area contributed by atoms with Crippen LogP contribution >= 0.6 is 15.9 Å². The van der Waals surface area contributed by atoms with E-state index in [1.807, 2.05) is 29.2 Å². The molecule has 0 aromatic heterocycles. The molecule has 0 saturated carbocycles. The Morgan fingerprint density at radius 2 is 1.71 bits per heavy atom. The third kappa shape index (κ3) is 3.09. The molecule has 1 aromatic rings. The number of benzene rings is 1. The molecule has 1 heterocycles. The summed E-state index contributed by atoms with van der Waals surface area (Å²) >= 11 is 3.38. The first-order valence-electron chi connectivity index (χ1n) is 6.11. The van der Waals surface area contributed by atoms with E-state index in [0.29, 0.717) is 11.8 Å². The standard InChI is InChI=1S/C14H18BrNO/c1-10-7-11(2)9-16(8-10)14(17)12-3-5-13(15)6-4-12/h3-6,10-11H,7-9H2,1-2H3/t10-,11-/m0/s1. The van der Waals surface area contributed by atoms with Crippen molar-refractivity contribution in [2.45, 2.75) is 20.3 Å². The highest BCUT2D eigenvalue weighted by Gasteiger charge is 2.25. The van der Waals surface area contributed by atoms with Crippen LogP contribution in [-0.2, 0) is 0 Å². The molecule has 17 heavy (non-hydrogen) atoms. The predicted molar refractivity (Wildman–Crippen MR) is 73.0 cm³/mol. The highest BCUT2D eigenvalue weighted by molar-refractivity contribution is 9.10. The molecule has 1 fully saturated rings. The lowest BCUT2D eigenvalue weighted by molar-refractivity contribution is 0.0623. The Morgan fingerprint density at radius 1 is 1.18 bits per heavy atom. The smallest absolute Gasteiger partial charge is 0.253 e. The molecular formula is C14H18BrNO. The molecule has 1 amide bonds. The maximum absolute atomic E-state index is 12.3. The van der Waals surface area contributed by atoms with Gasteiger partial charge in [0.05, 0.1) is 0 Å². The van der Waals surface area contributed by atoms with Crippen molar-refractivity contribution in [1.82, 2.24) is 4.90 Å². The van der Waals surface area contributed by atoms with Gasteiger partial charge in [-0.1, -0.05) is 29.8 Å². The number of piperidine rings is 1. The van der Waals surface area contributed by atoms with Crippen molar-refractivity contribution in [3.05, 3.63) is 34.3 Å². The van der Waals surface area contributed by atoms with E-state index in [-0.39, 0.29) is 5.91 Å². The SMILES string of the molecule is C[C@H]1C[C@H](C)CN(C(=O)c2ccc(Br)cc2)C1. The van der Waals surface area contributed by atoms with Crippen LogP contribution in [0.1, 0.15) is 30.6 Å². The van der Waals surface area contributed by atoms with E-state index in [1.165, 1.54) is 6.42 Å². The van der Waals surface area contributed by atoms with Crippen molar-refractivity contribution in [2.75, 3.05) is 13.1 Å². The quantitative estimate of drug-likeness (QED) is 0.776. The zero-order valence-corrected chi connectivity index (χ0v) is 11.9. The molecule has 1 aliphatic heterocycles. The van der Waals surface area contributed by atoms with Crippen LogP contribution in [0.2, 0.25) is 0 Å². The lowest BCUT2D eigenvalue weighted by Crippen LogP contribution is -2.42. The summed E-state index contributed by atoms with van der Waals surface area (Å²) in [4.78, 5) is 14.3. The minimum Gasteiger partial charge on any atom is -0.338 e. The Balaban J connectivity index is 2.11. The summed E-state index contributed by atoms with van der Waals surface area (Å²) in [6.07, 6.45) is 1.23. The van der Waals surface area contributed by atoms with Gasteiger partial charge in [-0.2, -0.15) is 0 Å². The molecule has 0 unspecified atom stereocenters. The first-order chi connectivity index (χ1) is 8.06. The number of rotatable bonds is 1. The van der Waals surface area contributed by atoms with Gasteiger partial charge in [-0.05, 0) is 42.5 Å². The molecule has 0 N–H and O–H groups in total. The summed E-state index contributed by atoms with van der Waals surface area (Å²) in [5.41, 5.74) is 0.787. The summed E-state index contributed by atoms with van der Waals surface area (Å²) in [7, 11) is 0. The summed E-state index contributed by atoms with van der Waals surface area (Å²) < 4.78 is 1.01. The zero-order chi connectivity index (χ0) is 12.4. The van der Waals surface area contributed by atoms with Crippen molar-refractivity contribution >= 4 is 21.8 Å². The molecule has 2 rings (SSSR count). The Bertz CT molecular complexity index is 391. The van der Waals surface area contributed by atoms with Crippen LogP contribution in [0.5, 0.6) is 0 Å². The van der Waals surface area contributed by atoms with Crippen molar-refractivity contribution < 1.29 is 4.79 Å². The van der Waals surface area contributed by atoms with Crippen LogP contribution < -0.4 is 0 Å². The minimum absolute atomic E-state index is 0.163. The molecule has 0 spiro atoms. The van der Waals surface area contributed by atoms with Crippen molar-refractivity contribution in [2.24, 2.45) is 11.8 Å². The molecule has 0 aliphatic carbocycles. The van der Waals surface area contributed by atoms with E-state index in [4.69, 9.17) is 0 Å². The Morgan fingerprint density at radius 3 is 2.24 bits per heavy atom. The largest absolute Gasteiger partial charge is 0.338 e. The summed E-state index contributed by atoms with van der Waals surface area (Å²) in [6.45, 7) is 6.22. The van der Waals surface area contributed by atoms with Crippen LogP contribution in [0.3, 0.4) is 0 Å². The number of carbonyl (C=O) groups excluding carboxylic acids is 1. The van der Waals surface area contributed by atoms with Crippen molar-refractivity contribution in [1.29, 1.82) is 0 Å². The van der Waals surface area contributed by atoms with Gasteiger partial charge in [0.1, 0.15) is 0 Å². The van der Waals surface area contributed by atoms with Gasteiger partial charge in [0.25, 0.3) is 5.91 Å². The lowest BCUT2D eigenvalue weighted by Gasteiger charge is -2.35. The minimum atomic E-state index is 0.163. The van der Waals surface area contributed by atoms with Gasteiger partial charge in [-0.3, -0.25) is 4.79 Å². The lowest BCUT2D eigenvalue weighted by atomic mass is 9.91. The van der Waals surface area contributed by atoms with E-state index in [1.54, 1.807) is 0 Å². The number of halogens is 1. The van der Waals surface area contributed by atoms with Gasteiger partial charge in [0, 0.05) is 23.1 Å². The van der Waals surface area contributed by atoms with Crippen molar-refractivity contribution in [3.8, 4) is 0 Å². The first-order valence-corrected chi connectivity index (χ1v) is 6.90. The van der Waals surface area contributed by atoms with Gasteiger partial charge in [-0.25, -0.2) is 0 Å². The van der Waals surface area contributed by atoms with Crippen molar-refractivity contribution in [3.63, 3.8) is 0 Å². The summed E-state index contributed by atoms with van der Waals surface area (Å²) in [6, 6.07) is 7.61. The topological polar surface area (TPSA) is 20.3 Å². The van der Waals surface area contributed by atoms with E-state index < -0.39 is 0 Å². The third-order valence-corrected chi connectivity index (χ3v) is 3.78. The van der Waals surface area contributed by atoms with Gasteiger partial charge in [0.15, 0.2) is 0 Å². The number of nitrogens with zero attached hydrogens (tertiary/aromatic N) is 1. The maximum Gasteiger partial charge on any atom is 0.253 e. The second-order valence-corrected chi connectivity index (χ2v) is 6.08. The predicted octanol–water partition coefficient (Wildman–Crippen LogP) is 3.57. The van der Waals surface area contributed by atoms with Crippen LogP contribution in [0.15, 0.2) is 28.7 Å². The number of likely N-dealkylation sites (tertiary alicyclic amines) is 1. The fourth-order valence-corrected chi connectivity index (χ4v) is 2.87. The highest BCUT2D eigenvalue weighted by Crippen LogP contribution is 2.22. The van der Waals surface area contributed by atoms with Crippen LogP contribution in [0.4, 0.5) is 0 Å². The number of amides is 1. The van der Waals surface area contributed by atoms with E-state index >= 15 is 0 Å². The normalized spacial score (nSPS) is 24.8. The number of carbonyl (C=O) groups is 1. The molecule has 0 radical (unpaired) electrons. The molecule has 3 heteroatoms. The molecule has 1 aromatic carbocycles. The fraction of sp³-hybridized carbons (Fsp3) is 0.500. The van der Waals surface area contributed by atoms with Crippen LogP contribution in [0, 0.1) is 11.8 Å². The summed E-state index contributed by atoms with van der Waals surface area (Å²) in [5, 5.41) is 0. The molecular weight excluding hydrogens is 278 g/mol. The zero-order valence-electron chi connectivity index (χ0n) is 10.3.